The van der Waals surface area contributed by atoms with Crippen molar-refractivity contribution in [1.82, 2.24) is 9.62 Å². The zero-order chi connectivity index (χ0) is 24.8. The maximum atomic E-state index is 13.2. The van der Waals surface area contributed by atoms with Crippen molar-refractivity contribution < 1.29 is 17.9 Å². The minimum absolute atomic E-state index is 0.182. The standard InChI is InChI=1S/C24H37N5O4S/c1-4-28(5-2)22-10-9-20(34(31,32)29-13-15-33-16-14-29)17-21(22)26-19(3)23(30)27-24(18-25)11-7-6-8-12-24/h9-10,17,19,26H,4-8,11-16H2,1-3H3,(H,27,30)/t19-/m1/s1. The zero-order valence-electron chi connectivity index (χ0n) is 20.5. The predicted octanol–water partition coefficient (Wildman–Crippen LogP) is 2.70. The number of sulfonamides is 1. The van der Waals surface area contributed by atoms with Crippen molar-refractivity contribution in [1.29, 1.82) is 5.26 Å². The first-order valence-corrected chi connectivity index (χ1v) is 13.7. The lowest BCUT2D eigenvalue weighted by Crippen LogP contribution is -2.52. The molecule has 34 heavy (non-hydrogen) atoms. The van der Waals surface area contributed by atoms with Crippen molar-refractivity contribution in [2.24, 2.45) is 0 Å². The van der Waals surface area contributed by atoms with Crippen LogP contribution in [0.4, 0.5) is 11.4 Å². The molecule has 1 aliphatic carbocycles. The van der Waals surface area contributed by atoms with E-state index in [1.807, 2.05) is 13.8 Å². The average molecular weight is 492 g/mol. The third-order valence-corrected chi connectivity index (χ3v) is 8.62. The molecular weight excluding hydrogens is 454 g/mol. The van der Waals surface area contributed by atoms with Gasteiger partial charge in [0.15, 0.2) is 0 Å². The number of carbonyl (C=O) groups excluding carboxylic acids is 1. The van der Waals surface area contributed by atoms with E-state index in [-0.39, 0.29) is 10.8 Å². The molecular formula is C24H37N5O4S. The van der Waals surface area contributed by atoms with Gasteiger partial charge in [-0.15, -0.1) is 0 Å². The molecule has 0 aromatic heterocycles. The minimum atomic E-state index is -3.68. The topological polar surface area (TPSA) is 115 Å². The molecule has 3 rings (SSSR count). The summed E-state index contributed by atoms with van der Waals surface area (Å²) in [6.07, 6.45) is 4.22. The molecule has 1 saturated heterocycles. The Balaban J connectivity index is 1.87. The van der Waals surface area contributed by atoms with Crippen LogP contribution in [0.25, 0.3) is 0 Å². The molecule has 1 heterocycles. The molecule has 0 spiro atoms. The second-order valence-corrected chi connectivity index (χ2v) is 10.9. The number of anilines is 2. The summed E-state index contributed by atoms with van der Waals surface area (Å²) in [7, 11) is -3.68. The van der Waals surface area contributed by atoms with E-state index < -0.39 is 21.6 Å². The molecule has 1 aliphatic heterocycles. The van der Waals surface area contributed by atoms with Crippen LogP contribution in [0.15, 0.2) is 23.1 Å². The SMILES string of the molecule is CCN(CC)c1ccc(S(=O)(=O)N2CCOCC2)cc1N[C@H](C)C(=O)NC1(C#N)CCCCC1. The lowest BCUT2D eigenvalue weighted by molar-refractivity contribution is -0.123. The molecule has 2 fully saturated rings. The highest BCUT2D eigenvalue weighted by Gasteiger charge is 2.35. The molecule has 188 valence electrons. The van der Waals surface area contributed by atoms with Gasteiger partial charge in [-0.05, 0) is 51.8 Å². The minimum Gasteiger partial charge on any atom is -0.379 e. The molecule has 0 bridgehead atoms. The maximum absolute atomic E-state index is 13.2. The van der Waals surface area contributed by atoms with Gasteiger partial charge in [0.25, 0.3) is 0 Å². The van der Waals surface area contributed by atoms with E-state index in [4.69, 9.17) is 4.74 Å². The fourth-order valence-electron chi connectivity index (χ4n) is 4.63. The van der Waals surface area contributed by atoms with Crippen LogP contribution >= 0.6 is 0 Å². The number of nitrogens with one attached hydrogen (secondary N) is 2. The van der Waals surface area contributed by atoms with Gasteiger partial charge in [0, 0.05) is 26.2 Å². The molecule has 0 radical (unpaired) electrons. The highest BCUT2D eigenvalue weighted by molar-refractivity contribution is 7.89. The van der Waals surface area contributed by atoms with Crippen LogP contribution in [0.5, 0.6) is 0 Å². The summed E-state index contributed by atoms with van der Waals surface area (Å²) < 4.78 is 33.2. The lowest BCUT2D eigenvalue weighted by Gasteiger charge is -2.33. The number of carbonyl (C=O) groups is 1. The molecule has 10 heteroatoms. The van der Waals surface area contributed by atoms with Crippen LogP contribution in [-0.4, -0.2) is 69.6 Å². The van der Waals surface area contributed by atoms with Gasteiger partial charge in [-0.1, -0.05) is 19.3 Å². The van der Waals surface area contributed by atoms with Gasteiger partial charge in [-0.3, -0.25) is 4.79 Å². The summed E-state index contributed by atoms with van der Waals surface area (Å²) in [6, 6.07) is 6.70. The van der Waals surface area contributed by atoms with Crippen LogP contribution < -0.4 is 15.5 Å². The first-order valence-electron chi connectivity index (χ1n) is 12.2. The first-order chi connectivity index (χ1) is 16.3. The number of morpholine rings is 1. The van der Waals surface area contributed by atoms with E-state index in [9.17, 15) is 18.5 Å². The number of amides is 1. The Hall–Kier alpha value is -2.35. The van der Waals surface area contributed by atoms with Crippen LogP contribution in [0.3, 0.4) is 0 Å². The fraction of sp³-hybridized carbons (Fsp3) is 0.667. The third-order valence-electron chi connectivity index (χ3n) is 6.73. The van der Waals surface area contributed by atoms with Gasteiger partial charge >= 0.3 is 0 Å². The second-order valence-electron chi connectivity index (χ2n) is 8.98. The van der Waals surface area contributed by atoms with Crippen molar-refractivity contribution in [3.63, 3.8) is 0 Å². The molecule has 1 aromatic carbocycles. The normalized spacial score (nSPS) is 19.6. The second kappa shape index (κ2) is 11.4. The Morgan fingerprint density at radius 1 is 1.21 bits per heavy atom. The maximum Gasteiger partial charge on any atom is 0.243 e. The van der Waals surface area contributed by atoms with E-state index in [1.54, 1.807) is 25.1 Å². The van der Waals surface area contributed by atoms with Crippen molar-refractivity contribution in [3.05, 3.63) is 18.2 Å². The summed E-state index contributed by atoms with van der Waals surface area (Å²) in [5.41, 5.74) is 0.586. The van der Waals surface area contributed by atoms with Gasteiger partial charge in [-0.2, -0.15) is 9.57 Å². The Morgan fingerprint density at radius 2 is 1.85 bits per heavy atom. The van der Waals surface area contributed by atoms with E-state index in [2.05, 4.69) is 21.6 Å². The Labute approximate surface area is 203 Å². The van der Waals surface area contributed by atoms with E-state index >= 15 is 0 Å². The van der Waals surface area contributed by atoms with Crippen molar-refractivity contribution in [2.75, 3.05) is 49.6 Å². The number of benzene rings is 1. The number of nitrogens with zero attached hydrogens (tertiary/aromatic N) is 3. The molecule has 9 nitrogen and oxygen atoms in total. The first kappa shape index (κ1) is 26.3. The molecule has 1 atom stereocenters. The smallest absolute Gasteiger partial charge is 0.243 e. The largest absolute Gasteiger partial charge is 0.379 e. The van der Waals surface area contributed by atoms with Crippen molar-refractivity contribution >= 4 is 27.3 Å². The van der Waals surface area contributed by atoms with Gasteiger partial charge in [0.1, 0.15) is 11.6 Å². The average Bonchev–Trinajstić information content (AvgIpc) is 2.86. The van der Waals surface area contributed by atoms with Crippen LogP contribution in [-0.2, 0) is 19.6 Å². The lowest BCUT2D eigenvalue weighted by atomic mass is 9.82. The Bertz CT molecular complexity index is 991. The molecule has 1 amide bonds. The number of hydrogen-bond acceptors (Lipinski definition) is 7. The molecule has 1 saturated carbocycles. The van der Waals surface area contributed by atoms with E-state index in [0.29, 0.717) is 44.8 Å². The summed E-state index contributed by atoms with van der Waals surface area (Å²) in [6.45, 7) is 8.65. The molecule has 2 N–H and O–H groups in total. The number of ether oxygens (including phenoxy) is 1. The summed E-state index contributed by atoms with van der Waals surface area (Å²) in [5.74, 6) is -0.268. The monoisotopic (exact) mass is 491 g/mol. The van der Waals surface area contributed by atoms with Gasteiger partial charge in [0.2, 0.25) is 15.9 Å². The van der Waals surface area contributed by atoms with Crippen molar-refractivity contribution in [3.8, 4) is 6.07 Å². The van der Waals surface area contributed by atoms with Crippen molar-refractivity contribution in [2.45, 2.75) is 69.4 Å². The predicted molar refractivity (Wildman–Crippen MR) is 132 cm³/mol. The van der Waals surface area contributed by atoms with Gasteiger partial charge in [-0.25, -0.2) is 8.42 Å². The Kier molecular flexibility index (Phi) is 8.79. The third kappa shape index (κ3) is 5.82. The van der Waals surface area contributed by atoms with E-state index in [0.717, 1.165) is 38.0 Å². The molecule has 1 aromatic rings. The number of rotatable bonds is 9. The van der Waals surface area contributed by atoms with E-state index in [1.165, 1.54) is 4.31 Å². The highest BCUT2D eigenvalue weighted by atomic mass is 32.2. The number of hydrogen-bond donors (Lipinski definition) is 2. The summed E-state index contributed by atoms with van der Waals surface area (Å²) in [4.78, 5) is 15.3. The molecule has 0 unspecified atom stereocenters. The Morgan fingerprint density at radius 3 is 2.44 bits per heavy atom. The van der Waals surface area contributed by atoms with Crippen LogP contribution in [0, 0.1) is 11.3 Å². The number of nitriles is 1. The quantitative estimate of drug-likeness (QED) is 0.546. The molecule has 2 aliphatic rings. The van der Waals surface area contributed by atoms with Gasteiger partial charge < -0.3 is 20.3 Å². The highest BCUT2D eigenvalue weighted by Crippen LogP contribution is 2.32. The van der Waals surface area contributed by atoms with Crippen LogP contribution in [0.2, 0.25) is 0 Å². The summed E-state index contributed by atoms with van der Waals surface area (Å²) >= 11 is 0. The van der Waals surface area contributed by atoms with Gasteiger partial charge in [0.05, 0.1) is 35.6 Å². The van der Waals surface area contributed by atoms with Crippen LogP contribution in [0.1, 0.15) is 52.9 Å². The fourth-order valence-corrected chi connectivity index (χ4v) is 6.06. The zero-order valence-corrected chi connectivity index (χ0v) is 21.3. The summed E-state index contributed by atoms with van der Waals surface area (Å²) in [5, 5.41) is 15.9.